The molecule has 7 nitrogen and oxygen atoms in total. The first-order valence-corrected chi connectivity index (χ1v) is 13.9. The second-order valence-electron chi connectivity index (χ2n) is 9.91. The normalized spacial score (nSPS) is 13.2. The van der Waals surface area contributed by atoms with E-state index in [2.05, 4.69) is 35.2 Å². The number of hydrogen-bond acceptors (Lipinski definition) is 6. The number of carbonyl (C=O) groups excluding carboxylic acids is 1. The van der Waals surface area contributed by atoms with Crippen LogP contribution in [-0.4, -0.2) is 65.4 Å². The van der Waals surface area contributed by atoms with Gasteiger partial charge in [0.1, 0.15) is 5.75 Å². The molecule has 1 amide bonds. The SMILES string of the molecule is COc1ccccc1N1CCN(C(=O)/C(=C\c2cc(OC)c(OC)c(OC)c2)c2ccc(-c3ccccc3)cc2)CC1.Cl. The lowest BCUT2D eigenvalue weighted by Crippen LogP contribution is -2.49. The molecule has 0 N–H and O–H groups in total. The molecule has 0 unspecified atom stereocenters. The Kier molecular flexibility index (Phi) is 10.6. The third kappa shape index (κ3) is 6.89. The van der Waals surface area contributed by atoms with Crippen molar-refractivity contribution in [1.29, 1.82) is 0 Å². The van der Waals surface area contributed by atoms with E-state index in [4.69, 9.17) is 18.9 Å². The molecule has 8 heteroatoms. The van der Waals surface area contributed by atoms with Crippen LogP contribution in [0.15, 0.2) is 91.0 Å². The molecule has 1 aliphatic heterocycles. The molecular weight excluding hydrogens is 564 g/mol. The molecule has 0 atom stereocenters. The van der Waals surface area contributed by atoms with Crippen molar-refractivity contribution in [3.8, 4) is 34.1 Å². The van der Waals surface area contributed by atoms with Gasteiger partial charge >= 0.3 is 0 Å². The Balaban J connectivity index is 0.00000423. The maximum absolute atomic E-state index is 14.2. The summed E-state index contributed by atoms with van der Waals surface area (Å²) >= 11 is 0. The molecule has 1 aliphatic rings. The summed E-state index contributed by atoms with van der Waals surface area (Å²) in [7, 11) is 6.42. The number of carbonyl (C=O) groups is 1. The van der Waals surface area contributed by atoms with Crippen molar-refractivity contribution in [2.45, 2.75) is 0 Å². The fraction of sp³-hybridized carbons (Fsp3) is 0.229. The van der Waals surface area contributed by atoms with Gasteiger partial charge in [0, 0.05) is 31.8 Å². The Bertz CT molecular complexity index is 1520. The van der Waals surface area contributed by atoms with Crippen LogP contribution in [-0.2, 0) is 4.79 Å². The summed E-state index contributed by atoms with van der Waals surface area (Å²) in [4.78, 5) is 18.4. The van der Waals surface area contributed by atoms with Crippen LogP contribution in [0.1, 0.15) is 11.1 Å². The first-order chi connectivity index (χ1) is 20.6. The van der Waals surface area contributed by atoms with E-state index < -0.39 is 0 Å². The van der Waals surface area contributed by atoms with Gasteiger partial charge in [-0.05, 0) is 52.6 Å². The molecule has 0 aromatic heterocycles. The molecule has 43 heavy (non-hydrogen) atoms. The smallest absolute Gasteiger partial charge is 0.254 e. The number of anilines is 1. The highest BCUT2D eigenvalue weighted by Crippen LogP contribution is 2.39. The molecule has 0 saturated carbocycles. The van der Waals surface area contributed by atoms with Crippen molar-refractivity contribution in [2.24, 2.45) is 0 Å². The zero-order valence-electron chi connectivity index (χ0n) is 24.9. The molecule has 4 aromatic carbocycles. The maximum Gasteiger partial charge on any atom is 0.254 e. The van der Waals surface area contributed by atoms with Crippen LogP contribution in [0.3, 0.4) is 0 Å². The molecule has 1 heterocycles. The Hall–Kier alpha value is -4.62. The van der Waals surface area contributed by atoms with Gasteiger partial charge in [-0.1, -0.05) is 66.7 Å². The van der Waals surface area contributed by atoms with Crippen LogP contribution in [0.5, 0.6) is 23.0 Å². The lowest BCUT2D eigenvalue weighted by molar-refractivity contribution is -0.125. The first-order valence-electron chi connectivity index (χ1n) is 13.9. The lowest BCUT2D eigenvalue weighted by atomic mass is 9.97. The number of nitrogens with zero attached hydrogens (tertiary/aromatic N) is 2. The minimum absolute atomic E-state index is 0. The number of methoxy groups -OCH3 is 4. The van der Waals surface area contributed by atoms with Crippen LogP contribution in [0.25, 0.3) is 22.8 Å². The number of para-hydroxylation sites is 2. The van der Waals surface area contributed by atoms with E-state index in [1.54, 1.807) is 28.4 Å². The summed E-state index contributed by atoms with van der Waals surface area (Å²) in [6.07, 6.45) is 1.90. The van der Waals surface area contributed by atoms with E-state index in [1.807, 2.05) is 71.6 Å². The number of ether oxygens (including phenoxy) is 4. The largest absolute Gasteiger partial charge is 0.495 e. The van der Waals surface area contributed by atoms with Crippen LogP contribution < -0.4 is 23.8 Å². The Morgan fingerprint density at radius 1 is 0.651 bits per heavy atom. The predicted octanol–water partition coefficient (Wildman–Crippen LogP) is 6.70. The van der Waals surface area contributed by atoms with Crippen molar-refractivity contribution < 1.29 is 23.7 Å². The van der Waals surface area contributed by atoms with Gasteiger partial charge in [0.15, 0.2) is 11.5 Å². The van der Waals surface area contributed by atoms with Gasteiger partial charge in [-0.3, -0.25) is 4.79 Å². The molecule has 1 saturated heterocycles. The number of piperazine rings is 1. The van der Waals surface area contributed by atoms with Crippen LogP contribution in [0.2, 0.25) is 0 Å². The van der Waals surface area contributed by atoms with Crippen LogP contribution in [0, 0.1) is 0 Å². The van der Waals surface area contributed by atoms with E-state index >= 15 is 0 Å². The predicted molar refractivity (Wildman–Crippen MR) is 175 cm³/mol. The molecule has 0 spiro atoms. The van der Waals surface area contributed by atoms with E-state index in [1.165, 1.54) is 0 Å². The highest BCUT2D eigenvalue weighted by Gasteiger charge is 2.26. The van der Waals surface area contributed by atoms with Crippen molar-refractivity contribution in [2.75, 3.05) is 59.5 Å². The van der Waals surface area contributed by atoms with Crippen LogP contribution >= 0.6 is 12.4 Å². The monoisotopic (exact) mass is 600 g/mol. The molecule has 5 rings (SSSR count). The molecule has 0 bridgehead atoms. The second-order valence-corrected chi connectivity index (χ2v) is 9.91. The van der Waals surface area contributed by atoms with Crippen molar-refractivity contribution in [1.82, 2.24) is 4.90 Å². The summed E-state index contributed by atoms with van der Waals surface area (Å²) in [6, 6.07) is 30.0. The summed E-state index contributed by atoms with van der Waals surface area (Å²) in [6.45, 7) is 2.59. The molecule has 224 valence electrons. The van der Waals surface area contributed by atoms with Gasteiger partial charge in [0.05, 0.1) is 34.1 Å². The van der Waals surface area contributed by atoms with E-state index in [-0.39, 0.29) is 18.3 Å². The quantitative estimate of drug-likeness (QED) is 0.157. The van der Waals surface area contributed by atoms with E-state index in [0.717, 1.165) is 33.7 Å². The number of rotatable bonds is 9. The summed E-state index contributed by atoms with van der Waals surface area (Å²) in [5.41, 5.74) is 5.45. The molecule has 4 aromatic rings. The van der Waals surface area contributed by atoms with Crippen molar-refractivity contribution in [3.05, 3.63) is 102 Å². The van der Waals surface area contributed by atoms with Gasteiger partial charge in [0.2, 0.25) is 5.75 Å². The second kappa shape index (κ2) is 14.5. The average Bonchev–Trinajstić information content (AvgIpc) is 3.06. The van der Waals surface area contributed by atoms with Gasteiger partial charge < -0.3 is 28.7 Å². The topological polar surface area (TPSA) is 60.5 Å². The summed E-state index contributed by atoms with van der Waals surface area (Å²) in [5.74, 6) is 2.36. The number of amides is 1. The van der Waals surface area contributed by atoms with E-state index in [9.17, 15) is 4.79 Å². The fourth-order valence-corrected chi connectivity index (χ4v) is 5.30. The third-order valence-corrected chi connectivity index (χ3v) is 7.52. The zero-order chi connectivity index (χ0) is 29.5. The van der Waals surface area contributed by atoms with Gasteiger partial charge in [-0.15, -0.1) is 12.4 Å². The maximum atomic E-state index is 14.2. The lowest BCUT2D eigenvalue weighted by Gasteiger charge is -2.37. The Labute approximate surface area is 259 Å². The minimum Gasteiger partial charge on any atom is -0.495 e. The van der Waals surface area contributed by atoms with E-state index in [0.29, 0.717) is 49.0 Å². The molecular formula is C35H37ClN2O5. The Morgan fingerprint density at radius 3 is 1.79 bits per heavy atom. The summed E-state index contributed by atoms with van der Waals surface area (Å²) < 4.78 is 22.2. The number of halogens is 1. The fourth-order valence-electron chi connectivity index (χ4n) is 5.30. The average molecular weight is 601 g/mol. The van der Waals surface area contributed by atoms with Gasteiger partial charge in [-0.2, -0.15) is 0 Å². The first kappa shape index (κ1) is 31.3. The van der Waals surface area contributed by atoms with Gasteiger partial charge in [-0.25, -0.2) is 0 Å². The van der Waals surface area contributed by atoms with Crippen molar-refractivity contribution >= 4 is 35.7 Å². The van der Waals surface area contributed by atoms with Gasteiger partial charge in [0.25, 0.3) is 5.91 Å². The molecule has 1 fully saturated rings. The van der Waals surface area contributed by atoms with Crippen LogP contribution in [0.4, 0.5) is 5.69 Å². The molecule has 0 aliphatic carbocycles. The highest BCUT2D eigenvalue weighted by molar-refractivity contribution is 6.24. The standard InChI is InChI=1S/C35H36N2O5.ClH/c1-39-31-13-9-8-12-30(31)36-18-20-37(21-19-36)35(38)29(22-25-23-32(40-2)34(42-4)33(24-25)41-3)28-16-14-27(15-17-28)26-10-6-5-7-11-26;/h5-17,22-24H,18-21H2,1-4H3;1H/b29-22-;. The zero-order valence-corrected chi connectivity index (χ0v) is 25.7. The summed E-state index contributed by atoms with van der Waals surface area (Å²) in [5, 5.41) is 0. The van der Waals surface area contributed by atoms with Crippen molar-refractivity contribution in [3.63, 3.8) is 0 Å². The minimum atomic E-state index is -0.0316. The molecule has 0 radical (unpaired) electrons. The number of hydrogen-bond donors (Lipinski definition) is 0. The highest BCUT2D eigenvalue weighted by atomic mass is 35.5. The Morgan fingerprint density at radius 2 is 1.21 bits per heavy atom. The number of benzene rings is 4. The third-order valence-electron chi connectivity index (χ3n) is 7.52.